The van der Waals surface area contributed by atoms with Gasteiger partial charge in [0.2, 0.25) is 5.91 Å². The zero-order valence-electron chi connectivity index (χ0n) is 18.3. The van der Waals surface area contributed by atoms with Crippen LogP contribution in [-0.2, 0) is 4.79 Å². The van der Waals surface area contributed by atoms with Crippen molar-refractivity contribution in [2.75, 3.05) is 26.2 Å². The first-order chi connectivity index (χ1) is 13.0. The molecule has 4 rings (SSSR count). The Hall–Kier alpha value is -0.830. The molecule has 1 amide bonds. The van der Waals surface area contributed by atoms with Gasteiger partial charge in [-0.25, -0.2) is 0 Å². The van der Waals surface area contributed by atoms with E-state index in [4.69, 9.17) is 0 Å². The lowest BCUT2D eigenvalue weighted by Crippen LogP contribution is -2.69. The Morgan fingerprint density at radius 2 is 1.70 bits per heavy atom. The minimum absolute atomic E-state index is 0.147. The van der Waals surface area contributed by atoms with Crippen LogP contribution in [-0.4, -0.2) is 47.9 Å². The van der Waals surface area contributed by atoms with E-state index < -0.39 is 0 Å². The molecule has 0 aromatic rings. The molecule has 154 valence electrons. The van der Waals surface area contributed by atoms with Crippen LogP contribution < -0.4 is 0 Å². The lowest BCUT2D eigenvalue weighted by atomic mass is 9.54. The molecule has 0 spiro atoms. The van der Waals surface area contributed by atoms with Gasteiger partial charge < -0.3 is 9.80 Å². The highest BCUT2D eigenvalue weighted by Crippen LogP contribution is 2.54. The Labute approximate surface area is 167 Å². The minimum atomic E-state index is 0.147. The van der Waals surface area contributed by atoms with Gasteiger partial charge in [0.1, 0.15) is 0 Å². The summed E-state index contributed by atoms with van der Waals surface area (Å²) in [5.41, 5.74) is 1.70. The molecule has 0 saturated carbocycles. The number of unbranched alkanes of at least 4 members (excludes halogenated alkanes) is 6. The number of piperidine rings is 2. The molecule has 3 heterocycles. The number of likely N-dealkylation sites (tertiary alicyclic amines) is 1. The molecule has 2 saturated heterocycles. The monoisotopic (exact) mass is 374 g/mol. The molecule has 0 aromatic heterocycles. The topological polar surface area (TPSA) is 23.6 Å². The summed E-state index contributed by atoms with van der Waals surface area (Å²) in [6.07, 6.45) is 13.9. The van der Waals surface area contributed by atoms with Crippen molar-refractivity contribution in [1.82, 2.24) is 9.80 Å². The fourth-order valence-corrected chi connectivity index (χ4v) is 6.28. The first-order valence-electron chi connectivity index (χ1n) is 11.7. The van der Waals surface area contributed by atoms with E-state index in [0.29, 0.717) is 17.9 Å². The Balaban J connectivity index is 1.69. The van der Waals surface area contributed by atoms with Gasteiger partial charge in [0, 0.05) is 18.5 Å². The van der Waals surface area contributed by atoms with Crippen LogP contribution in [0.5, 0.6) is 0 Å². The van der Waals surface area contributed by atoms with Crippen molar-refractivity contribution in [3.8, 4) is 0 Å². The summed E-state index contributed by atoms with van der Waals surface area (Å²) in [4.78, 5) is 18.2. The average molecular weight is 375 g/mol. The zero-order valence-corrected chi connectivity index (χ0v) is 18.3. The molecule has 3 heteroatoms. The molecule has 4 atom stereocenters. The van der Waals surface area contributed by atoms with E-state index in [-0.39, 0.29) is 11.3 Å². The minimum Gasteiger partial charge on any atom is -0.335 e. The van der Waals surface area contributed by atoms with Gasteiger partial charge in [0.25, 0.3) is 0 Å². The van der Waals surface area contributed by atoms with Gasteiger partial charge in [0.05, 0.1) is 12.0 Å². The number of fused-ring (bicyclic) bond motifs is 1. The van der Waals surface area contributed by atoms with E-state index in [1.807, 2.05) is 0 Å². The summed E-state index contributed by atoms with van der Waals surface area (Å²) >= 11 is 0. The third-order valence-corrected chi connectivity index (χ3v) is 7.56. The van der Waals surface area contributed by atoms with Crippen LogP contribution in [0.15, 0.2) is 11.6 Å². The van der Waals surface area contributed by atoms with Gasteiger partial charge in [-0.05, 0) is 45.2 Å². The third-order valence-electron chi connectivity index (χ3n) is 7.56. The highest BCUT2D eigenvalue weighted by molar-refractivity contribution is 5.85. The number of hydrogen-bond acceptors (Lipinski definition) is 2. The molecule has 4 aliphatic rings. The van der Waals surface area contributed by atoms with E-state index in [2.05, 4.69) is 43.6 Å². The van der Waals surface area contributed by atoms with Gasteiger partial charge in [0.15, 0.2) is 0 Å². The largest absolute Gasteiger partial charge is 0.335 e. The van der Waals surface area contributed by atoms with E-state index in [1.54, 1.807) is 0 Å². The molecule has 2 fully saturated rings. The summed E-state index contributed by atoms with van der Waals surface area (Å²) in [6, 6.07) is 0.333. The molecule has 2 bridgehead atoms. The maximum absolute atomic E-state index is 13.2. The fraction of sp³-hybridized carbons (Fsp3) is 0.875. The SMILES string of the molecule is CCCCCCN1CC[C@H]2[C@H]3C=C(C)[C@H](N(CCCCCC)C3=O)[C@@]2(C)C1. The number of carbonyl (C=O) groups excluding carboxylic acids is 1. The van der Waals surface area contributed by atoms with E-state index in [1.165, 1.54) is 76.6 Å². The molecule has 0 radical (unpaired) electrons. The number of carbonyl (C=O) groups is 1. The highest BCUT2D eigenvalue weighted by Gasteiger charge is 2.59. The smallest absolute Gasteiger partial charge is 0.230 e. The highest BCUT2D eigenvalue weighted by atomic mass is 16.2. The van der Waals surface area contributed by atoms with Crippen molar-refractivity contribution in [3.05, 3.63) is 11.6 Å². The molecule has 0 unspecified atom stereocenters. The Kier molecular flexibility index (Phi) is 7.05. The molecule has 0 N–H and O–H groups in total. The summed E-state index contributed by atoms with van der Waals surface area (Å²) in [5.74, 6) is 1.13. The molecule has 0 aromatic carbocycles. The molecule has 1 aliphatic carbocycles. The van der Waals surface area contributed by atoms with Crippen molar-refractivity contribution in [2.45, 2.75) is 91.5 Å². The summed E-state index contributed by atoms with van der Waals surface area (Å²) in [7, 11) is 0. The summed E-state index contributed by atoms with van der Waals surface area (Å²) in [5, 5.41) is 0. The Morgan fingerprint density at radius 3 is 2.37 bits per heavy atom. The fourth-order valence-electron chi connectivity index (χ4n) is 6.28. The van der Waals surface area contributed by atoms with Crippen molar-refractivity contribution < 1.29 is 4.79 Å². The van der Waals surface area contributed by atoms with Gasteiger partial charge >= 0.3 is 0 Å². The average Bonchev–Trinajstić information content (AvgIpc) is 2.64. The van der Waals surface area contributed by atoms with E-state index >= 15 is 0 Å². The lowest BCUT2D eigenvalue weighted by Gasteiger charge is -2.62. The van der Waals surface area contributed by atoms with Gasteiger partial charge in [-0.3, -0.25) is 4.79 Å². The van der Waals surface area contributed by atoms with E-state index in [0.717, 1.165) is 13.0 Å². The van der Waals surface area contributed by atoms with E-state index in [9.17, 15) is 4.79 Å². The van der Waals surface area contributed by atoms with Crippen LogP contribution >= 0.6 is 0 Å². The molecule has 3 aliphatic heterocycles. The molecular weight excluding hydrogens is 332 g/mol. The van der Waals surface area contributed by atoms with Crippen LogP contribution in [0.1, 0.15) is 85.5 Å². The number of nitrogens with zero attached hydrogens (tertiary/aromatic N) is 2. The summed E-state index contributed by atoms with van der Waals surface area (Å²) < 4.78 is 0. The van der Waals surface area contributed by atoms with Gasteiger partial charge in [-0.2, -0.15) is 0 Å². The zero-order chi connectivity index (χ0) is 19.4. The maximum atomic E-state index is 13.2. The normalized spacial score (nSPS) is 33.3. The van der Waals surface area contributed by atoms with Crippen LogP contribution in [0.3, 0.4) is 0 Å². The van der Waals surface area contributed by atoms with Crippen molar-refractivity contribution in [1.29, 1.82) is 0 Å². The van der Waals surface area contributed by atoms with Crippen LogP contribution in [0, 0.1) is 17.3 Å². The quantitative estimate of drug-likeness (QED) is 0.384. The van der Waals surface area contributed by atoms with Crippen molar-refractivity contribution in [3.63, 3.8) is 0 Å². The van der Waals surface area contributed by atoms with Gasteiger partial charge in [-0.1, -0.05) is 70.9 Å². The van der Waals surface area contributed by atoms with Crippen LogP contribution in [0.25, 0.3) is 0 Å². The number of rotatable bonds is 10. The Morgan fingerprint density at radius 1 is 1.04 bits per heavy atom. The maximum Gasteiger partial charge on any atom is 0.230 e. The number of hydrogen-bond donors (Lipinski definition) is 0. The molecular formula is C24H42N2O. The standard InChI is InChI=1S/C24H42N2O/c1-5-7-9-11-14-25-16-13-21-20-17-19(3)22(24(21,4)18-25)26(23(20)27)15-12-10-8-6-2/h17,20-22H,5-16,18H2,1-4H3/t20-,21+,22+,24+/m1/s1. The van der Waals surface area contributed by atoms with Crippen LogP contribution in [0.4, 0.5) is 0 Å². The Bertz CT molecular complexity index is 542. The summed E-state index contributed by atoms with van der Waals surface area (Å²) in [6.45, 7) is 13.9. The predicted molar refractivity (Wildman–Crippen MR) is 114 cm³/mol. The second kappa shape index (κ2) is 9.11. The van der Waals surface area contributed by atoms with Crippen molar-refractivity contribution in [2.24, 2.45) is 17.3 Å². The number of amides is 1. The lowest BCUT2D eigenvalue weighted by molar-refractivity contribution is -0.161. The molecule has 27 heavy (non-hydrogen) atoms. The van der Waals surface area contributed by atoms with Crippen LogP contribution in [0.2, 0.25) is 0 Å². The second-order valence-electron chi connectivity index (χ2n) is 9.67. The van der Waals surface area contributed by atoms with Gasteiger partial charge in [-0.15, -0.1) is 0 Å². The molecule has 3 nitrogen and oxygen atoms in total. The third kappa shape index (κ3) is 4.13. The van der Waals surface area contributed by atoms with Crippen molar-refractivity contribution >= 4 is 5.91 Å². The second-order valence-corrected chi connectivity index (χ2v) is 9.67. The first-order valence-corrected chi connectivity index (χ1v) is 11.7. The predicted octanol–water partition coefficient (Wildman–Crippen LogP) is 5.26. The first kappa shape index (κ1) is 20.9.